The molecule has 1 rings (SSSR count). The highest BCUT2D eigenvalue weighted by atomic mass is 16.5. The molecule has 0 aliphatic rings. The third kappa shape index (κ3) is 2.82. The zero-order valence-electron chi connectivity index (χ0n) is 9.35. The molecule has 0 aliphatic carbocycles. The third-order valence-electron chi connectivity index (χ3n) is 2.08. The second kappa shape index (κ2) is 4.78. The van der Waals surface area contributed by atoms with E-state index in [-0.39, 0.29) is 11.6 Å². The number of amides is 1. The Labute approximate surface area is 92.6 Å². The van der Waals surface area contributed by atoms with Crippen LogP contribution in [-0.2, 0) is 4.79 Å². The molecule has 0 bridgehead atoms. The summed E-state index contributed by atoms with van der Waals surface area (Å²) >= 11 is 0. The first kappa shape index (κ1) is 12.2. The fraction of sp³-hybridized carbons (Fsp3) is 0.500. The average molecular weight is 226 g/mol. The van der Waals surface area contributed by atoms with E-state index in [9.17, 15) is 9.59 Å². The van der Waals surface area contributed by atoms with Gasteiger partial charge in [-0.3, -0.25) is 4.79 Å². The smallest absolute Gasteiger partial charge is 0.326 e. The maximum absolute atomic E-state index is 11.6. The predicted molar refractivity (Wildman–Crippen MR) is 55.0 cm³/mol. The van der Waals surface area contributed by atoms with Crippen LogP contribution in [0.25, 0.3) is 0 Å². The number of rotatable bonds is 4. The first-order valence-corrected chi connectivity index (χ1v) is 4.88. The SMILES string of the molecule is Cc1cc(C(=O)N[C@@H](C(=O)O)C(C)C)no1. The summed E-state index contributed by atoms with van der Waals surface area (Å²) in [5.74, 6) is -1.31. The maximum Gasteiger partial charge on any atom is 0.326 e. The van der Waals surface area contributed by atoms with Gasteiger partial charge in [-0.05, 0) is 12.8 Å². The van der Waals surface area contributed by atoms with Crippen LogP contribution in [0.3, 0.4) is 0 Å². The van der Waals surface area contributed by atoms with Crippen molar-refractivity contribution in [3.05, 3.63) is 17.5 Å². The zero-order chi connectivity index (χ0) is 12.3. The van der Waals surface area contributed by atoms with Gasteiger partial charge in [0, 0.05) is 6.07 Å². The lowest BCUT2D eigenvalue weighted by atomic mass is 10.0. The van der Waals surface area contributed by atoms with Crippen molar-refractivity contribution in [1.82, 2.24) is 10.5 Å². The number of hydrogen-bond donors (Lipinski definition) is 2. The number of carboxylic acid groups (broad SMARTS) is 1. The van der Waals surface area contributed by atoms with Crippen molar-refractivity contribution in [2.75, 3.05) is 0 Å². The lowest BCUT2D eigenvalue weighted by molar-refractivity contribution is -0.140. The molecule has 6 nitrogen and oxygen atoms in total. The molecule has 0 aliphatic heterocycles. The molecule has 1 aromatic rings. The van der Waals surface area contributed by atoms with Crippen LogP contribution in [-0.4, -0.2) is 28.2 Å². The number of nitrogens with zero attached hydrogens (tertiary/aromatic N) is 1. The van der Waals surface area contributed by atoms with Gasteiger partial charge in [0.25, 0.3) is 5.91 Å². The molecule has 1 heterocycles. The van der Waals surface area contributed by atoms with E-state index in [2.05, 4.69) is 10.5 Å². The van der Waals surface area contributed by atoms with E-state index >= 15 is 0 Å². The quantitative estimate of drug-likeness (QED) is 0.792. The summed E-state index contributed by atoms with van der Waals surface area (Å²) in [7, 11) is 0. The molecule has 0 saturated heterocycles. The molecule has 1 amide bonds. The number of carbonyl (C=O) groups excluding carboxylic acids is 1. The number of carbonyl (C=O) groups is 2. The fourth-order valence-corrected chi connectivity index (χ4v) is 1.20. The number of carboxylic acids is 1. The van der Waals surface area contributed by atoms with Gasteiger partial charge in [0.15, 0.2) is 5.69 Å². The Hall–Kier alpha value is -1.85. The van der Waals surface area contributed by atoms with E-state index in [1.807, 2.05) is 0 Å². The summed E-state index contributed by atoms with van der Waals surface area (Å²) in [6.07, 6.45) is 0. The van der Waals surface area contributed by atoms with Crippen LogP contribution in [0.1, 0.15) is 30.1 Å². The van der Waals surface area contributed by atoms with Crippen molar-refractivity contribution < 1.29 is 19.2 Å². The molecule has 0 radical (unpaired) electrons. The number of aromatic nitrogens is 1. The molecule has 0 unspecified atom stereocenters. The van der Waals surface area contributed by atoms with Gasteiger partial charge >= 0.3 is 5.97 Å². The molecule has 1 aromatic heterocycles. The predicted octanol–water partition coefficient (Wildman–Crippen LogP) is 0.822. The van der Waals surface area contributed by atoms with Crippen LogP contribution in [0.5, 0.6) is 0 Å². The monoisotopic (exact) mass is 226 g/mol. The second-order valence-corrected chi connectivity index (χ2v) is 3.86. The average Bonchev–Trinajstić information content (AvgIpc) is 2.59. The zero-order valence-corrected chi connectivity index (χ0v) is 9.35. The van der Waals surface area contributed by atoms with Gasteiger partial charge in [-0.25, -0.2) is 4.79 Å². The van der Waals surface area contributed by atoms with E-state index in [0.29, 0.717) is 5.76 Å². The largest absolute Gasteiger partial charge is 0.480 e. The van der Waals surface area contributed by atoms with Crippen LogP contribution in [0.15, 0.2) is 10.6 Å². The van der Waals surface area contributed by atoms with Crippen molar-refractivity contribution in [2.24, 2.45) is 5.92 Å². The number of aryl methyl sites for hydroxylation is 1. The van der Waals surface area contributed by atoms with Gasteiger partial charge in [-0.2, -0.15) is 0 Å². The van der Waals surface area contributed by atoms with Gasteiger partial charge in [-0.1, -0.05) is 19.0 Å². The molecular formula is C10H14N2O4. The van der Waals surface area contributed by atoms with Gasteiger partial charge in [-0.15, -0.1) is 0 Å². The first-order valence-electron chi connectivity index (χ1n) is 4.88. The molecular weight excluding hydrogens is 212 g/mol. The molecule has 2 N–H and O–H groups in total. The summed E-state index contributed by atoms with van der Waals surface area (Å²) in [5, 5.41) is 14.8. The van der Waals surface area contributed by atoms with Crippen LogP contribution in [0.2, 0.25) is 0 Å². The van der Waals surface area contributed by atoms with E-state index < -0.39 is 17.9 Å². The Morgan fingerprint density at radius 1 is 1.50 bits per heavy atom. The fourth-order valence-electron chi connectivity index (χ4n) is 1.20. The highest BCUT2D eigenvalue weighted by Crippen LogP contribution is 2.05. The summed E-state index contributed by atoms with van der Waals surface area (Å²) in [6.45, 7) is 5.08. The minimum absolute atomic E-state index is 0.0874. The lowest BCUT2D eigenvalue weighted by Gasteiger charge is -2.16. The van der Waals surface area contributed by atoms with Crippen molar-refractivity contribution in [3.63, 3.8) is 0 Å². The van der Waals surface area contributed by atoms with E-state index in [1.54, 1.807) is 20.8 Å². The highest BCUT2D eigenvalue weighted by molar-refractivity contribution is 5.94. The molecule has 6 heteroatoms. The molecule has 16 heavy (non-hydrogen) atoms. The minimum Gasteiger partial charge on any atom is -0.480 e. The Morgan fingerprint density at radius 3 is 2.50 bits per heavy atom. The molecule has 0 fully saturated rings. The van der Waals surface area contributed by atoms with Crippen molar-refractivity contribution in [1.29, 1.82) is 0 Å². The van der Waals surface area contributed by atoms with Crippen LogP contribution in [0.4, 0.5) is 0 Å². The Balaban J connectivity index is 2.73. The molecule has 0 aromatic carbocycles. The number of hydrogen-bond acceptors (Lipinski definition) is 4. The third-order valence-corrected chi connectivity index (χ3v) is 2.08. The first-order chi connectivity index (χ1) is 7.41. The number of aliphatic carboxylic acids is 1. The highest BCUT2D eigenvalue weighted by Gasteiger charge is 2.25. The van der Waals surface area contributed by atoms with Crippen LogP contribution in [0, 0.1) is 12.8 Å². The van der Waals surface area contributed by atoms with Gasteiger partial charge in [0.2, 0.25) is 0 Å². The Kier molecular flexibility index (Phi) is 3.65. The van der Waals surface area contributed by atoms with Crippen LogP contribution >= 0.6 is 0 Å². The van der Waals surface area contributed by atoms with E-state index in [0.717, 1.165) is 0 Å². The Bertz CT molecular complexity index is 397. The maximum atomic E-state index is 11.6. The Morgan fingerprint density at radius 2 is 2.12 bits per heavy atom. The van der Waals surface area contributed by atoms with E-state index in [1.165, 1.54) is 6.07 Å². The minimum atomic E-state index is -1.07. The molecule has 1 atom stereocenters. The van der Waals surface area contributed by atoms with Crippen molar-refractivity contribution >= 4 is 11.9 Å². The van der Waals surface area contributed by atoms with Crippen LogP contribution < -0.4 is 5.32 Å². The molecule has 0 saturated carbocycles. The molecule has 0 spiro atoms. The van der Waals surface area contributed by atoms with Gasteiger partial charge < -0.3 is 14.9 Å². The van der Waals surface area contributed by atoms with Gasteiger partial charge in [0.1, 0.15) is 11.8 Å². The second-order valence-electron chi connectivity index (χ2n) is 3.86. The van der Waals surface area contributed by atoms with E-state index in [4.69, 9.17) is 9.63 Å². The number of nitrogens with one attached hydrogen (secondary N) is 1. The van der Waals surface area contributed by atoms with Crippen molar-refractivity contribution in [2.45, 2.75) is 26.8 Å². The van der Waals surface area contributed by atoms with Gasteiger partial charge in [0.05, 0.1) is 0 Å². The topological polar surface area (TPSA) is 92.4 Å². The standard InChI is InChI=1S/C10H14N2O4/c1-5(2)8(10(14)15)11-9(13)7-4-6(3)16-12-7/h4-5,8H,1-3H3,(H,11,13)(H,14,15)/t8-/m1/s1. The summed E-state index contributed by atoms with van der Waals surface area (Å²) in [4.78, 5) is 22.4. The summed E-state index contributed by atoms with van der Waals surface area (Å²) in [5.41, 5.74) is 0.0874. The summed E-state index contributed by atoms with van der Waals surface area (Å²) in [6, 6.07) is 0.527. The lowest BCUT2D eigenvalue weighted by Crippen LogP contribution is -2.44. The van der Waals surface area contributed by atoms with Crippen molar-refractivity contribution in [3.8, 4) is 0 Å². The normalized spacial score (nSPS) is 12.5. The molecule has 88 valence electrons. The summed E-state index contributed by atoms with van der Waals surface area (Å²) < 4.78 is 4.73.